The van der Waals surface area contributed by atoms with Gasteiger partial charge in [-0.3, -0.25) is 0 Å². The van der Waals surface area contributed by atoms with Gasteiger partial charge in [0.25, 0.3) is 10.0 Å². The summed E-state index contributed by atoms with van der Waals surface area (Å²) in [7, 11) is -2.56. The Morgan fingerprint density at radius 3 is 3.05 bits per heavy atom. The first kappa shape index (κ1) is 16.3. The monoisotopic (exact) mass is 333 g/mol. The van der Waals surface area contributed by atoms with Gasteiger partial charge in [-0.15, -0.1) is 11.3 Å². The van der Waals surface area contributed by atoms with E-state index in [1.54, 1.807) is 0 Å². The number of piperidine rings is 1. The van der Waals surface area contributed by atoms with Gasteiger partial charge in [0, 0.05) is 12.6 Å². The molecule has 1 aliphatic rings. The van der Waals surface area contributed by atoms with E-state index in [2.05, 4.69) is 26.3 Å². The topological polar surface area (TPSA) is 88.6 Å². The molecule has 1 aromatic heterocycles. The largest absolute Gasteiger partial charge is 0.464 e. The normalized spacial score (nSPS) is 20.4. The molecule has 118 valence electrons. The molecule has 0 saturated carbocycles. The summed E-state index contributed by atoms with van der Waals surface area (Å²) in [6.45, 7) is 4.62. The SMILES string of the molecule is CCN1CCCC(NS(=O)(=O)c2scnc2C(=O)OC)C1. The number of esters is 1. The lowest BCUT2D eigenvalue weighted by Crippen LogP contribution is -2.47. The summed E-state index contributed by atoms with van der Waals surface area (Å²) >= 11 is 0.919. The Kier molecular flexibility index (Phi) is 5.31. The fourth-order valence-electron chi connectivity index (χ4n) is 2.37. The van der Waals surface area contributed by atoms with Gasteiger partial charge in [-0.1, -0.05) is 6.92 Å². The van der Waals surface area contributed by atoms with Gasteiger partial charge in [0.15, 0.2) is 9.90 Å². The number of rotatable bonds is 5. The van der Waals surface area contributed by atoms with Crippen molar-refractivity contribution < 1.29 is 17.9 Å². The minimum atomic E-state index is -3.76. The number of nitrogens with one attached hydrogen (secondary N) is 1. The number of methoxy groups -OCH3 is 1. The number of likely N-dealkylation sites (tertiary alicyclic amines) is 1. The molecule has 1 unspecified atom stereocenters. The fraction of sp³-hybridized carbons (Fsp3) is 0.667. The lowest BCUT2D eigenvalue weighted by molar-refractivity contribution is 0.0590. The Morgan fingerprint density at radius 1 is 1.62 bits per heavy atom. The number of carbonyl (C=O) groups excluding carboxylic acids is 1. The number of thiazole rings is 1. The Bertz CT molecular complexity index is 599. The van der Waals surface area contributed by atoms with Gasteiger partial charge >= 0.3 is 5.97 Å². The molecule has 1 fully saturated rings. The molecular weight excluding hydrogens is 314 g/mol. The third-order valence-corrected chi connectivity index (χ3v) is 6.32. The maximum Gasteiger partial charge on any atom is 0.358 e. The molecule has 9 heteroatoms. The number of likely N-dealkylation sites (N-methyl/N-ethyl adjacent to an activating group) is 1. The van der Waals surface area contributed by atoms with Crippen molar-refractivity contribution in [3.8, 4) is 0 Å². The number of aromatic nitrogens is 1. The highest BCUT2D eigenvalue weighted by Gasteiger charge is 2.30. The van der Waals surface area contributed by atoms with Crippen molar-refractivity contribution in [2.24, 2.45) is 0 Å². The standard InChI is InChI=1S/C12H19N3O4S2/c1-3-15-6-4-5-9(7-15)14-21(17,18)12-10(11(16)19-2)13-8-20-12/h8-9,14H,3-7H2,1-2H3. The molecule has 0 aliphatic carbocycles. The summed E-state index contributed by atoms with van der Waals surface area (Å²) in [5, 5.41) is 0. The lowest BCUT2D eigenvalue weighted by atomic mass is 10.1. The molecule has 2 heterocycles. The highest BCUT2D eigenvalue weighted by Crippen LogP contribution is 2.22. The molecule has 0 aromatic carbocycles. The maximum absolute atomic E-state index is 12.4. The first-order valence-electron chi connectivity index (χ1n) is 6.74. The third-order valence-electron chi connectivity index (χ3n) is 3.43. The van der Waals surface area contributed by atoms with Crippen LogP contribution in [0.4, 0.5) is 0 Å². The number of nitrogens with zero attached hydrogens (tertiary/aromatic N) is 2. The smallest absolute Gasteiger partial charge is 0.358 e. The van der Waals surface area contributed by atoms with Crippen LogP contribution in [0, 0.1) is 0 Å². The van der Waals surface area contributed by atoms with Crippen molar-refractivity contribution in [3.63, 3.8) is 0 Å². The summed E-state index contributed by atoms with van der Waals surface area (Å²) in [6.07, 6.45) is 1.75. The molecule has 0 amide bonds. The second-order valence-corrected chi connectivity index (χ2v) is 7.60. The predicted octanol–water partition coefficient (Wildman–Crippen LogP) is 0.692. The number of ether oxygens (including phenoxy) is 1. The maximum atomic E-state index is 12.4. The van der Waals surface area contributed by atoms with E-state index in [-0.39, 0.29) is 15.9 Å². The van der Waals surface area contributed by atoms with Crippen LogP contribution in [0.15, 0.2) is 9.72 Å². The summed E-state index contributed by atoms with van der Waals surface area (Å²) in [4.78, 5) is 17.5. The van der Waals surface area contributed by atoms with E-state index >= 15 is 0 Å². The Balaban J connectivity index is 2.15. The van der Waals surface area contributed by atoms with Gasteiger partial charge < -0.3 is 9.64 Å². The Labute approximate surface area is 128 Å². The lowest BCUT2D eigenvalue weighted by Gasteiger charge is -2.31. The van der Waals surface area contributed by atoms with E-state index in [0.29, 0.717) is 6.54 Å². The van der Waals surface area contributed by atoms with E-state index in [0.717, 1.165) is 37.3 Å². The number of hydrogen-bond donors (Lipinski definition) is 1. The second kappa shape index (κ2) is 6.82. The van der Waals surface area contributed by atoms with Crippen molar-refractivity contribution in [1.82, 2.24) is 14.6 Å². The van der Waals surface area contributed by atoms with Crippen LogP contribution >= 0.6 is 11.3 Å². The van der Waals surface area contributed by atoms with Gasteiger partial charge in [0.05, 0.1) is 12.6 Å². The molecule has 7 nitrogen and oxygen atoms in total. The zero-order valence-corrected chi connectivity index (χ0v) is 13.7. The zero-order chi connectivity index (χ0) is 15.5. The van der Waals surface area contributed by atoms with Crippen LogP contribution in [0.5, 0.6) is 0 Å². The molecule has 0 radical (unpaired) electrons. The van der Waals surface area contributed by atoms with Crippen molar-refractivity contribution in [2.45, 2.75) is 30.0 Å². The molecular formula is C12H19N3O4S2. The molecule has 1 saturated heterocycles. The molecule has 0 spiro atoms. The van der Waals surface area contributed by atoms with E-state index in [1.165, 1.54) is 12.6 Å². The summed E-state index contributed by atoms with van der Waals surface area (Å²) in [5.74, 6) is -0.740. The Hall–Kier alpha value is -1.03. The molecule has 0 bridgehead atoms. The molecule has 1 aliphatic heterocycles. The summed E-state index contributed by atoms with van der Waals surface area (Å²) in [5.41, 5.74) is 1.18. The minimum Gasteiger partial charge on any atom is -0.464 e. The number of sulfonamides is 1. The zero-order valence-electron chi connectivity index (χ0n) is 12.0. The molecule has 1 N–H and O–H groups in total. The highest BCUT2D eigenvalue weighted by molar-refractivity contribution is 7.91. The number of carbonyl (C=O) groups is 1. The third kappa shape index (κ3) is 3.79. The van der Waals surface area contributed by atoms with Crippen molar-refractivity contribution in [3.05, 3.63) is 11.2 Å². The number of hydrogen-bond acceptors (Lipinski definition) is 7. The molecule has 1 atom stereocenters. The highest BCUT2D eigenvalue weighted by atomic mass is 32.2. The van der Waals surface area contributed by atoms with Crippen LogP contribution in [0.1, 0.15) is 30.3 Å². The van der Waals surface area contributed by atoms with Crippen molar-refractivity contribution in [2.75, 3.05) is 26.7 Å². The summed E-state index contributed by atoms with van der Waals surface area (Å²) < 4.78 is 32.0. The van der Waals surface area contributed by atoms with Crippen LogP contribution in [0.2, 0.25) is 0 Å². The van der Waals surface area contributed by atoms with E-state index in [1.807, 2.05) is 0 Å². The van der Waals surface area contributed by atoms with Crippen LogP contribution in [0.3, 0.4) is 0 Å². The quantitative estimate of drug-likeness (QED) is 0.798. The van der Waals surface area contributed by atoms with Gasteiger partial charge in [0.1, 0.15) is 0 Å². The van der Waals surface area contributed by atoms with Gasteiger partial charge in [0.2, 0.25) is 0 Å². The van der Waals surface area contributed by atoms with Gasteiger partial charge in [-0.25, -0.2) is 22.9 Å². The predicted molar refractivity (Wildman–Crippen MR) is 78.9 cm³/mol. The van der Waals surface area contributed by atoms with Crippen LogP contribution < -0.4 is 4.72 Å². The first-order chi connectivity index (χ1) is 9.97. The van der Waals surface area contributed by atoms with E-state index in [4.69, 9.17) is 0 Å². The second-order valence-electron chi connectivity index (χ2n) is 4.83. The minimum absolute atomic E-state index is 0.0806. The fourth-order valence-corrected chi connectivity index (χ4v) is 4.78. The Morgan fingerprint density at radius 2 is 2.38 bits per heavy atom. The van der Waals surface area contributed by atoms with Crippen LogP contribution in [0.25, 0.3) is 0 Å². The van der Waals surface area contributed by atoms with E-state index < -0.39 is 16.0 Å². The van der Waals surface area contributed by atoms with Gasteiger partial charge in [-0.05, 0) is 25.9 Å². The van der Waals surface area contributed by atoms with E-state index in [9.17, 15) is 13.2 Å². The first-order valence-corrected chi connectivity index (χ1v) is 9.10. The van der Waals surface area contributed by atoms with Crippen LogP contribution in [-0.2, 0) is 14.8 Å². The van der Waals surface area contributed by atoms with Crippen LogP contribution in [-0.4, -0.2) is 57.1 Å². The van der Waals surface area contributed by atoms with Gasteiger partial charge in [-0.2, -0.15) is 0 Å². The molecule has 1 aromatic rings. The van der Waals surface area contributed by atoms with Crippen molar-refractivity contribution in [1.29, 1.82) is 0 Å². The molecule has 21 heavy (non-hydrogen) atoms. The average molecular weight is 333 g/mol. The summed E-state index contributed by atoms with van der Waals surface area (Å²) in [6, 6.07) is -0.142. The molecule has 2 rings (SSSR count). The average Bonchev–Trinajstić information content (AvgIpc) is 2.96. The van der Waals surface area contributed by atoms with Crippen molar-refractivity contribution >= 4 is 27.3 Å².